The Bertz CT molecular complexity index is 14.4. The normalized spacial score (nSPS) is 8.40. The molecule has 0 aromatic heterocycles. The van der Waals surface area contributed by atoms with Crippen molar-refractivity contribution in [1.82, 2.24) is 0 Å². The Morgan fingerprint density at radius 2 is 2.40 bits per heavy atom. The zero-order valence-electron chi connectivity index (χ0n) is 3.40. The summed E-state index contributed by atoms with van der Waals surface area (Å²) >= 11 is 0. The first-order chi connectivity index (χ1) is 2.41. The van der Waals surface area contributed by atoms with Crippen LogP contribution in [-0.4, -0.2) is 6.61 Å². The predicted molar refractivity (Wildman–Crippen MR) is 26.0 cm³/mol. The van der Waals surface area contributed by atoms with Gasteiger partial charge < -0.3 is 4.52 Å². The number of hydrogen-bond acceptors (Lipinski definition) is 1. The van der Waals surface area contributed by atoms with Crippen molar-refractivity contribution in [3.05, 3.63) is 0 Å². The standard InChI is InChI=1S/C3H9OP/c1-2-3-4-5/h2-3,5H2,1H3. The van der Waals surface area contributed by atoms with E-state index in [1.165, 1.54) is 0 Å². The second-order valence-corrected chi connectivity index (χ2v) is 1.20. The Labute approximate surface area is 35.0 Å². The highest BCUT2D eigenvalue weighted by Crippen LogP contribution is 1.84. The molecule has 0 saturated heterocycles. The lowest BCUT2D eigenvalue weighted by atomic mass is 10.5. The summed E-state index contributed by atoms with van der Waals surface area (Å²) in [5.74, 6) is 0. The molecule has 0 aliphatic carbocycles. The molecule has 0 bridgehead atoms. The summed E-state index contributed by atoms with van der Waals surface area (Å²) in [7, 11) is 2.20. The molecule has 0 aliphatic rings. The Hall–Kier alpha value is 0.390. The van der Waals surface area contributed by atoms with Crippen molar-refractivity contribution < 1.29 is 4.52 Å². The first-order valence-electron chi connectivity index (χ1n) is 1.73. The van der Waals surface area contributed by atoms with Crippen LogP contribution in [0.3, 0.4) is 0 Å². The second-order valence-electron chi connectivity index (χ2n) is 0.871. The summed E-state index contributed by atoms with van der Waals surface area (Å²) < 4.78 is 4.61. The first-order valence-corrected chi connectivity index (χ1v) is 2.20. The average molecular weight is 92.1 g/mol. The fraction of sp³-hybridized carbons (Fsp3) is 1.00. The summed E-state index contributed by atoms with van der Waals surface area (Å²) in [6, 6.07) is 0. The van der Waals surface area contributed by atoms with Crippen LogP contribution in [0.4, 0.5) is 0 Å². The van der Waals surface area contributed by atoms with Gasteiger partial charge in [0.25, 0.3) is 0 Å². The van der Waals surface area contributed by atoms with E-state index in [1.807, 2.05) is 0 Å². The molecule has 0 rings (SSSR count). The predicted octanol–water partition coefficient (Wildman–Crippen LogP) is 1.20. The molecule has 0 aromatic carbocycles. The van der Waals surface area contributed by atoms with Gasteiger partial charge >= 0.3 is 0 Å². The van der Waals surface area contributed by atoms with Crippen LogP contribution in [0.15, 0.2) is 0 Å². The summed E-state index contributed by atoms with van der Waals surface area (Å²) in [4.78, 5) is 0. The fourth-order valence-corrected chi connectivity index (χ4v) is 0.354. The molecule has 5 heavy (non-hydrogen) atoms. The molecule has 0 spiro atoms. The van der Waals surface area contributed by atoms with E-state index in [0.717, 1.165) is 13.0 Å². The Balaban J connectivity index is 2.19. The smallest absolute Gasteiger partial charge is 0.0499 e. The summed E-state index contributed by atoms with van der Waals surface area (Å²) in [5.41, 5.74) is 0. The molecule has 0 amide bonds. The van der Waals surface area contributed by atoms with Gasteiger partial charge in [-0.15, -0.1) is 0 Å². The third-order valence-corrected chi connectivity index (χ3v) is 0.558. The molecule has 1 unspecified atom stereocenters. The van der Waals surface area contributed by atoms with Crippen molar-refractivity contribution in [2.45, 2.75) is 13.3 Å². The minimum absolute atomic E-state index is 0.852. The van der Waals surface area contributed by atoms with Crippen LogP contribution in [0, 0.1) is 0 Å². The lowest BCUT2D eigenvalue weighted by Gasteiger charge is -1.84. The molecule has 0 saturated carbocycles. The van der Waals surface area contributed by atoms with Gasteiger partial charge in [0.1, 0.15) is 0 Å². The molecule has 1 nitrogen and oxygen atoms in total. The highest BCUT2D eigenvalue weighted by atomic mass is 31.0. The monoisotopic (exact) mass is 92.0 g/mol. The van der Waals surface area contributed by atoms with Crippen molar-refractivity contribution in [2.24, 2.45) is 0 Å². The Morgan fingerprint density at radius 1 is 1.80 bits per heavy atom. The van der Waals surface area contributed by atoms with Gasteiger partial charge in [0.05, 0.1) is 0 Å². The van der Waals surface area contributed by atoms with E-state index < -0.39 is 0 Å². The van der Waals surface area contributed by atoms with Gasteiger partial charge in [-0.25, -0.2) is 0 Å². The number of hydrogen-bond donors (Lipinski definition) is 0. The second kappa shape index (κ2) is 4.39. The third kappa shape index (κ3) is 4.39. The highest BCUT2D eigenvalue weighted by molar-refractivity contribution is 7.09. The van der Waals surface area contributed by atoms with Gasteiger partial charge in [-0.05, 0) is 6.42 Å². The summed E-state index contributed by atoms with van der Waals surface area (Å²) in [6.45, 7) is 2.93. The minimum atomic E-state index is 0.852. The quantitative estimate of drug-likeness (QED) is 0.465. The van der Waals surface area contributed by atoms with Crippen LogP contribution in [0.5, 0.6) is 0 Å². The topological polar surface area (TPSA) is 9.23 Å². The van der Waals surface area contributed by atoms with E-state index in [0.29, 0.717) is 0 Å². The maximum Gasteiger partial charge on any atom is 0.0499 e. The van der Waals surface area contributed by atoms with E-state index in [1.54, 1.807) is 0 Å². The van der Waals surface area contributed by atoms with E-state index >= 15 is 0 Å². The molecule has 32 valence electrons. The van der Waals surface area contributed by atoms with Crippen molar-refractivity contribution >= 4 is 9.47 Å². The SMILES string of the molecule is CCCOP. The summed E-state index contributed by atoms with van der Waals surface area (Å²) in [5, 5.41) is 0. The van der Waals surface area contributed by atoms with Crippen LogP contribution in [-0.2, 0) is 4.52 Å². The van der Waals surface area contributed by atoms with Crippen LogP contribution < -0.4 is 0 Å². The number of rotatable bonds is 2. The summed E-state index contributed by atoms with van der Waals surface area (Å²) in [6.07, 6.45) is 1.10. The maximum atomic E-state index is 4.61. The van der Waals surface area contributed by atoms with Crippen LogP contribution >= 0.6 is 9.47 Å². The van der Waals surface area contributed by atoms with E-state index in [4.69, 9.17) is 0 Å². The fourth-order valence-electron chi connectivity index (χ4n) is 0.118. The third-order valence-electron chi connectivity index (χ3n) is 0.322. The van der Waals surface area contributed by atoms with E-state index in [2.05, 4.69) is 20.9 Å². The van der Waals surface area contributed by atoms with Gasteiger partial charge in [-0.1, -0.05) is 6.92 Å². The molecular weight excluding hydrogens is 83.0 g/mol. The van der Waals surface area contributed by atoms with Crippen LogP contribution in [0.2, 0.25) is 0 Å². The lowest BCUT2D eigenvalue weighted by Crippen LogP contribution is -1.73. The molecule has 2 heteroatoms. The van der Waals surface area contributed by atoms with Crippen molar-refractivity contribution in [3.63, 3.8) is 0 Å². The van der Waals surface area contributed by atoms with Crippen molar-refractivity contribution in [2.75, 3.05) is 6.61 Å². The van der Waals surface area contributed by atoms with Crippen LogP contribution in [0.25, 0.3) is 0 Å². The molecular formula is C3H9OP. The van der Waals surface area contributed by atoms with Gasteiger partial charge in [0, 0.05) is 16.1 Å². The molecule has 0 N–H and O–H groups in total. The van der Waals surface area contributed by atoms with Crippen LogP contribution in [0.1, 0.15) is 13.3 Å². The molecule has 1 atom stereocenters. The first kappa shape index (κ1) is 5.39. The van der Waals surface area contributed by atoms with Crippen molar-refractivity contribution in [1.29, 1.82) is 0 Å². The lowest BCUT2D eigenvalue weighted by molar-refractivity contribution is 0.371. The van der Waals surface area contributed by atoms with E-state index in [9.17, 15) is 0 Å². The van der Waals surface area contributed by atoms with Gasteiger partial charge in [0.2, 0.25) is 0 Å². The maximum absolute atomic E-state index is 4.61. The molecule has 0 heterocycles. The zero-order valence-corrected chi connectivity index (χ0v) is 4.55. The van der Waals surface area contributed by atoms with Gasteiger partial charge in [-0.2, -0.15) is 0 Å². The minimum Gasteiger partial charge on any atom is -0.366 e. The van der Waals surface area contributed by atoms with Gasteiger partial charge in [-0.3, -0.25) is 0 Å². The largest absolute Gasteiger partial charge is 0.366 e. The highest BCUT2D eigenvalue weighted by Gasteiger charge is 1.66. The molecule has 0 fully saturated rings. The zero-order chi connectivity index (χ0) is 4.12. The molecule has 0 aromatic rings. The Morgan fingerprint density at radius 3 is 2.40 bits per heavy atom. The van der Waals surface area contributed by atoms with E-state index in [-0.39, 0.29) is 0 Å². The van der Waals surface area contributed by atoms with Gasteiger partial charge in [0.15, 0.2) is 0 Å². The molecule has 0 radical (unpaired) electrons. The molecule has 0 aliphatic heterocycles. The Kier molecular flexibility index (Phi) is 4.73. The average Bonchev–Trinajstić information content (AvgIpc) is 1.41. The van der Waals surface area contributed by atoms with Crippen molar-refractivity contribution in [3.8, 4) is 0 Å².